The summed E-state index contributed by atoms with van der Waals surface area (Å²) < 4.78 is 26.3. The van der Waals surface area contributed by atoms with E-state index in [0.29, 0.717) is 0 Å². The zero-order chi connectivity index (χ0) is 10.0. The fourth-order valence-corrected chi connectivity index (χ4v) is 1.25. The first kappa shape index (κ1) is 10.4. The molecule has 1 unspecified atom stereocenters. The Kier molecular flexibility index (Phi) is 3.22. The minimum atomic E-state index is -0.789. The van der Waals surface area contributed by atoms with Gasteiger partial charge in [0.15, 0.2) is 0 Å². The third kappa shape index (κ3) is 1.98. The van der Waals surface area contributed by atoms with E-state index in [1.54, 1.807) is 0 Å². The number of halogens is 3. The Balaban J connectivity index is 3.25. The Labute approximate surface area is 80.0 Å². The normalized spacial score (nSPS) is 13.0. The van der Waals surface area contributed by atoms with Crippen molar-refractivity contribution < 1.29 is 13.9 Å². The molecule has 1 atom stereocenters. The topological polar surface area (TPSA) is 20.2 Å². The van der Waals surface area contributed by atoms with Crippen LogP contribution >= 0.6 is 11.6 Å². The van der Waals surface area contributed by atoms with Crippen molar-refractivity contribution in [2.45, 2.75) is 12.8 Å². The summed E-state index contributed by atoms with van der Waals surface area (Å²) in [7, 11) is 0. The average Bonchev–Trinajstić information content (AvgIpc) is 2.12. The molecule has 0 bridgehead atoms. The highest BCUT2D eigenvalue weighted by Gasteiger charge is 2.17. The van der Waals surface area contributed by atoms with Crippen LogP contribution in [0.4, 0.5) is 8.78 Å². The maximum atomic E-state index is 13.2. The first-order valence-electron chi connectivity index (χ1n) is 3.82. The average molecular weight is 207 g/mol. The number of aliphatic hydroxyl groups excluding tert-OH is 1. The summed E-state index contributed by atoms with van der Waals surface area (Å²) in [5.41, 5.74) is -0.157. The second-order valence-corrected chi connectivity index (χ2v) is 3.25. The summed E-state index contributed by atoms with van der Waals surface area (Å²) >= 11 is 5.46. The highest BCUT2D eigenvalue weighted by atomic mass is 35.5. The minimum Gasteiger partial charge on any atom is -0.396 e. The van der Waals surface area contributed by atoms with E-state index in [2.05, 4.69) is 0 Å². The first-order valence-corrected chi connectivity index (χ1v) is 4.20. The van der Waals surface area contributed by atoms with Gasteiger partial charge in [0.25, 0.3) is 0 Å². The third-order valence-corrected chi connectivity index (χ3v) is 2.14. The summed E-state index contributed by atoms with van der Waals surface area (Å²) in [5, 5.41) is 8.62. The molecule has 1 aromatic carbocycles. The number of benzene rings is 1. The van der Waals surface area contributed by atoms with E-state index in [4.69, 9.17) is 16.7 Å². The molecule has 1 N–H and O–H groups in total. The Hall–Kier alpha value is -0.670. The highest BCUT2D eigenvalue weighted by molar-refractivity contribution is 6.30. The summed E-state index contributed by atoms with van der Waals surface area (Å²) in [6.45, 7) is 1.21. The van der Waals surface area contributed by atoms with Gasteiger partial charge in [-0.2, -0.15) is 0 Å². The number of hydrogen-bond acceptors (Lipinski definition) is 1. The molecule has 0 aromatic heterocycles. The van der Waals surface area contributed by atoms with Gasteiger partial charge >= 0.3 is 0 Å². The molecule has 0 radical (unpaired) electrons. The number of hydrogen-bond donors (Lipinski definition) is 1. The molecular weight excluding hydrogens is 198 g/mol. The van der Waals surface area contributed by atoms with Crippen LogP contribution in [-0.2, 0) is 0 Å². The van der Waals surface area contributed by atoms with Crippen molar-refractivity contribution in [3.63, 3.8) is 0 Å². The quantitative estimate of drug-likeness (QED) is 0.738. The molecule has 0 aliphatic rings. The van der Waals surface area contributed by atoms with Crippen molar-refractivity contribution in [2.24, 2.45) is 0 Å². The van der Waals surface area contributed by atoms with Crippen LogP contribution < -0.4 is 0 Å². The lowest BCUT2D eigenvalue weighted by Crippen LogP contribution is -2.05. The minimum absolute atomic E-state index is 0.128. The molecule has 0 heterocycles. The van der Waals surface area contributed by atoms with Crippen molar-refractivity contribution in [1.29, 1.82) is 0 Å². The predicted molar refractivity (Wildman–Crippen MR) is 46.9 cm³/mol. The Morgan fingerprint density at radius 3 is 2.62 bits per heavy atom. The smallest absolute Gasteiger partial charge is 0.148 e. The van der Waals surface area contributed by atoms with Crippen molar-refractivity contribution in [3.8, 4) is 0 Å². The summed E-state index contributed by atoms with van der Waals surface area (Å²) in [5.74, 6) is -2.05. The molecule has 0 fully saturated rings. The van der Waals surface area contributed by atoms with E-state index in [9.17, 15) is 8.78 Å². The molecule has 0 aliphatic heterocycles. The maximum Gasteiger partial charge on any atom is 0.148 e. The van der Waals surface area contributed by atoms with Gasteiger partial charge < -0.3 is 5.11 Å². The first-order chi connectivity index (χ1) is 6.07. The van der Waals surface area contributed by atoms with Gasteiger partial charge in [0.05, 0.1) is 5.02 Å². The van der Waals surface area contributed by atoms with Crippen LogP contribution in [0, 0.1) is 11.6 Å². The summed E-state index contributed by atoms with van der Waals surface area (Å²) in [4.78, 5) is 0. The molecule has 1 nitrogen and oxygen atoms in total. The van der Waals surface area contributed by atoms with E-state index in [1.807, 2.05) is 0 Å². The van der Waals surface area contributed by atoms with Crippen molar-refractivity contribution in [2.75, 3.05) is 6.61 Å². The van der Waals surface area contributed by atoms with Gasteiger partial charge in [0, 0.05) is 18.1 Å². The standard InChI is InChI=1S/C9H9ClF2O/c1-5(4-13)8-7(11)3-2-6(10)9(8)12/h2-3,5,13H,4H2,1H3. The highest BCUT2D eigenvalue weighted by Crippen LogP contribution is 2.26. The van der Waals surface area contributed by atoms with E-state index in [-0.39, 0.29) is 17.2 Å². The fourth-order valence-electron chi connectivity index (χ4n) is 1.09. The van der Waals surface area contributed by atoms with Crippen LogP contribution in [0.1, 0.15) is 18.4 Å². The van der Waals surface area contributed by atoms with Crippen LogP contribution in [0.2, 0.25) is 5.02 Å². The maximum absolute atomic E-state index is 13.2. The molecule has 0 aliphatic carbocycles. The Morgan fingerprint density at radius 1 is 1.46 bits per heavy atom. The lowest BCUT2D eigenvalue weighted by atomic mass is 10.0. The van der Waals surface area contributed by atoms with Crippen LogP contribution in [0.3, 0.4) is 0 Å². The molecule has 0 spiro atoms. The summed E-state index contributed by atoms with van der Waals surface area (Å²) in [6.07, 6.45) is 0. The third-order valence-electron chi connectivity index (χ3n) is 1.85. The van der Waals surface area contributed by atoms with E-state index in [0.717, 1.165) is 12.1 Å². The lowest BCUT2D eigenvalue weighted by molar-refractivity contribution is 0.267. The molecule has 0 saturated heterocycles. The van der Waals surface area contributed by atoms with E-state index >= 15 is 0 Å². The molecule has 72 valence electrons. The lowest BCUT2D eigenvalue weighted by Gasteiger charge is -2.11. The van der Waals surface area contributed by atoms with Crippen molar-refractivity contribution >= 4 is 11.6 Å². The SMILES string of the molecule is CC(CO)c1c(F)ccc(Cl)c1F. The van der Waals surface area contributed by atoms with Crippen molar-refractivity contribution in [1.82, 2.24) is 0 Å². The number of rotatable bonds is 2. The van der Waals surface area contributed by atoms with Crippen LogP contribution in [0.15, 0.2) is 12.1 Å². The summed E-state index contributed by atoms with van der Waals surface area (Å²) in [6, 6.07) is 2.24. The molecular formula is C9H9ClF2O. The van der Waals surface area contributed by atoms with Gasteiger partial charge in [0.2, 0.25) is 0 Å². The second-order valence-electron chi connectivity index (χ2n) is 2.84. The molecule has 4 heteroatoms. The van der Waals surface area contributed by atoms with Crippen molar-refractivity contribution in [3.05, 3.63) is 34.4 Å². The van der Waals surface area contributed by atoms with E-state index in [1.165, 1.54) is 6.92 Å². The predicted octanol–water partition coefficient (Wildman–Crippen LogP) is 2.71. The Morgan fingerprint density at radius 2 is 2.08 bits per heavy atom. The fraction of sp³-hybridized carbons (Fsp3) is 0.333. The number of aliphatic hydroxyl groups is 1. The second kappa shape index (κ2) is 4.03. The Bertz CT molecular complexity index is 315. The van der Waals surface area contributed by atoms with Gasteiger partial charge in [-0.15, -0.1) is 0 Å². The molecule has 0 amide bonds. The van der Waals surface area contributed by atoms with Gasteiger partial charge in [0.1, 0.15) is 11.6 Å². The van der Waals surface area contributed by atoms with Crippen LogP contribution in [-0.4, -0.2) is 11.7 Å². The monoisotopic (exact) mass is 206 g/mol. The molecule has 13 heavy (non-hydrogen) atoms. The zero-order valence-electron chi connectivity index (χ0n) is 7.02. The van der Waals surface area contributed by atoms with Gasteiger partial charge in [-0.25, -0.2) is 8.78 Å². The van der Waals surface area contributed by atoms with Gasteiger partial charge in [-0.1, -0.05) is 18.5 Å². The molecule has 1 rings (SSSR count). The van der Waals surface area contributed by atoms with Gasteiger partial charge in [-0.3, -0.25) is 0 Å². The van der Waals surface area contributed by atoms with E-state index < -0.39 is 17.6 Å². The zero-order valence-corrected chi connectivity index (χ0v) is 7.78. The van der Waals surface area contributed by atoms with Gasteiger partial charge in [-0.05, 0) is 12.1 Å². The largest absolute Gasteiger partial charge is 0.396 e. The molecule has 1 aromatic rings. The van der Waals surface area contributed by atoms with Crippen LogP contribution in [0.5, 0.6) is 0 Å². The van der Waals surface area contributed by atoms with Crippen LogP contribution in [0.25, 0.3) is 0 Å². The molecule has 0 saturated carbocycles.